The molecule has 2 aliphatic heterocycles. The van der Waals surface area contributed by atoms with Crippen LogP contribution in [0.4, 0.5) is 0 Å². The highest BCUT2D eigenvalue weighted by atomic mass is 16.7. The largest absolute Gasteiger partial charge is 0.497 e. The molecule has 0 bridgehead atoms. The van der Waals surface area contributed by atoms with E-state index in [9.17, 15) is 0 Å². The van der Waals surface area contributed by atoms with Crippen molar-refractivity contribution in [1.82, 2.24) is 0 Å². The molecule has 2 aliphatic rings. The van der Waals surface area contributed by atoms with Crippen LogP contribution in [0, 0.1) is 0 Å². The molecule has 1 aromatic carbocycles. The van der Waals surface area contributed by atoms with Crippen molar-refractivity contribution in [3.05, 3.63) is 24.3 Å². The molecule has 21 heavy (non-hydrogen) atoms. The lowest BCUT2D eigenvalue weighted by Gasteiger charge is -2.28. The number of fused-ring (bicyclic) bond motifs is 1. The number of hydrogen-bond donors (Lipinski definition) is 0. The van der Waals surface area contributed by atoms with E-state index in [4.69, 9.17) is 28.4 Å². The van der Waals surface area contributed by atoms with E-state index in [-0.39, 0.29) is 31.2 Å². The molecule has 0 unspecified atom stereocenters. The average molecular weight is 296 g/mol. The number of ether oxygens (including phenoxy) is 6. The van der Waals surface area contributed by atoms with Crippen LogP contribution in [0.5, 0.6) is 11.5 Å². The van der Waals surface area contributed by atoms with Crippen molar-refractivity contribution < 1.29 is 28.4 Å². The zero-order chi connectivity index (χ0) is 14.7. The quantitative estimate of drug-likeness (QED) is 0.557. The molecule has 6 heteroatoms. The van der Waals surface area contributed by atoms with E-state index in [1.54, 1.807) is 14.2 Å². The van der Waals surface area contributed by atoms with Crippen molar-refractivity contribution in [2.75, 3.05) is 34.2 Å². The SMILES string of the molecule is COCO[C@@H]1[C@@H]2O[C@@H]2CO[C@H]1COc1ccc(OC)cc1. The molecular weight excluding hydrogens is 276 g/mol. The zero-order valence-electron chi connectivity index (χ0n) is 12.2. The predicted molar refractivity (Wildman–Crippen MR) is 73.6 cm³/mol. The molecule has 0 radical (unpaired) electrons. The van der Waals surface area contributed by atoms with Gasteiger partial charge in [0.1, 0.15) is 49.3 Å². The van der Waals surface area contributed by atoms with Gasteiger partial charge in [0.25, 0.3) is 0 Å². The van der Waals surface area contributed by atoms with Crippen LogP contribution in [0.3, 0.4) is 0 Å². The van der Waals surface area contributed by atoms with E-state index in [0.29, 0.717) is 13.2 Å². The summed E-state index contributed by atoms with van der Waals surface area (Å²) >= 11 is 0. The lowest BCUT2D eigenvalue weighted by Crippen LogP contribution is -2.45. The van der Waals surface area contributed by atoms with Gasteiger partial charge < -0.3 is 28.4 Å². The van der Waals surface area contributed by atoms with Gasteiger partial charge in [-0.3, -0.25) is 0 Å². The lowest BCUT2D eigenvalue weighted by atomic mass is 10.1. The van der Waals surface area contributed by atoms with Gasteiger partial charge in [-0.05, 0) is 24.3 Å². The fraction of sp³-hybridized carbons (Fsp3) is 0.600. The smallest absolute Gasteiger partial charge is 0.146 e. The maximum atomic E-state index is 5.77. The molecule has 0 aromatic heterocycles. The van der Waals surface area contributed by atoms with Crippen molar-refractivity contribution in [3.8, 4) is 11.5 Å². The number of epoxide rings is 1. The Hall–Kier alpha value is -1.34. The fourth-order valence-electron chi connectivity index (χ4n) is 2.45. The number of hydrogen-bond acceptors (Lipinski definition) is 6. The van der Waals surface area contributed by atoms with Gasteiger partial charge in [-0.2, -0.15) is 0 Å². The fourth-order valence-corrected chi connectivity index (χ4v) is 2.45. The van der Waals surface area contributed by atoms with E-state index in [2.05, 4.69) is 0 Å². The molecule has 3 rings (SSSR count). The highest BCUT2D eigenvalue weighted by molar-refractivity contribution is 5.31. The van der Waals surface area contributed by atoms with Crippen LogP contribution in [0.1, 0.15) is 0 Å². The Labute approximate surface area is 123 Å². The van der Waals surface area contributed by atoms with Gasteiger partial charge in [0.2, 0.25) is 0 Å². The second kappa shape index (κ2) is 6.62. The van der Waals surface area contributed by atoms with Gasteiger partial charge in [-0.15, -0.1) is 0 Å². The second-order valence-electron chi connectivity index (χ2n) is 5.04. The van der Waals surface area contributed by atoms with Crippen LogP contribution >= 0.6 is 0 Å². The summed E-state index contributed by atoms with van der Waals surface area (Å²) in [4.78, 5) is 0. The molecule has 2 fully saturated rings. The predicted octanol–water partition coefficient (Wildman–Crippen LogP) is 1.23. The number of rotatable bonds is 7. The summed E-state index contributed by atoms with van der Waals surface area (Å²) in [7, 11) is 3.23. The van der Waals surface area contributed by atoms with Gasteiger partial charge in [-0.1, -0.05) is 0 Å². The first-order valence-electron chi connectivity index (χ1n) is 6.96. The summed E-state index contributed by atoms with van der Waals surface area (Å²) in [5.74, 6) is 1.57. The summed E-state index contributed by atoms with van der Waals surface area (Å²) in [5.41, 5.74) is 0. The van der Waals surface area contributed by atoms with Crippen molar-refractivity contribution >= 4 is 0 Å². The van der Waals surface area contributed by atoms with Gasteiger partial charge in [0.15, 0.2) is 0 Å². The average Bonchev–Trinajstić information content (AvgIpc) is 3.31. The standard InChI is InChI=1S/C15H20O6/c1-16-9-20-14-12(19-8-13-15(14)21-13)7-18-11-5-3-10(17-2)4-6-11/h3-6,12-15H,7-9H2,1-2H3/t12-,13+,14-,15+/m0/s1. The molecule has 116 valence electrons. The van der Waals surface area contributed by atoms with Crippen LogP contribution in [0.15, 0.2) is 24.3 Å². The second-order valence-corrected chi connectivity index (χ2v) is 5.04. The van der Waals surface area contributed by atoms with Crippen molar-refractivity contribution in [2.45, 2.75) is 24.4 Å². The minimum Gasteiger partial charge on any atom is -0.497 e. The Morgan fingerprint density at radius 1 is 1.14 bits per heavy atom. The molecule has 0 amide bonds. The maximum Gasteiger partial charge on any atom is 0.146 e. The first-order chi connectivity index (χ1) is 10.3. The highest BCUT2D eigenvalue weighted by Crippen LogP contribution is 2.35. The minimum atomic E-state index is -0.161. The zero-order valence-corrected chi connectivity index (χ0v) is 12.2. The van der Waals surface area contributed by atoms with E-state index in [0.717, 1.165) is 11.5 Å². The molecule has 2 heterocycles. The molecule has 4 atom stereocenters. The van der Waals surface area contributed by atoms with Crippen LogP contribution in [0.2, 0.25) is 0 Å². The lowest BCUT2D eigenvalue weighted by molar-refractivity contribution is -0.149. The first kappa shape index (κ1) is 14.6. The summed E-state index contributed by atoms with van der Waals surface area (Å²) in [6.07, 6.45) is -0.0598. The van der Waals surface area contributed by atoms with Gasteiger partial charge >= 0.3 is 0 Å². The Bertz CT molecular complexity index is 448. The Kier molecular flexibility index (Phi) is 4.60. The van der Waals surface area contributed by atoms with E-state index in [1.165, 1.54) is 0 Å². The third-order valence-electron chi connectivity index (χ3n) is 3.64. The van der Waals surface area contributed by atoms with Crippen LogP contribution in [-0.4, -0.2) is 58.6 Å². The molecular formula is C15H20O6. The molecule has 0 spiro atoms. The molecule has 0 N–H and O–H groups in total. The van der Waals surface area contributed by atoms with Crippen molar-refractivity contribution in [1.29, 1.82) is 0 Å². The number of benzene rings is 1. The molecule has 0 saturated carbocycles. The highest BCUT2D eigenvalue weighted by Gasteiger charge is 2.53. The monoisotopic (exact) mass is 296 g/mol. The van der Waals surface area contributed by atoms with Crippen LogP contribution in [0.25, 0.3) is 0 Å². The molecule has 6 nitrogen and oxygen atoms in total. The Balaban J connectivity index is 1.54. The molecule has 0 aliphatic carbocycles. The van der Waals surface area contributed by atoms with Gasteiger partial charge in [-0.25, -0.2) is 0 Å². The summed E-state index contributed by atoms with van der Waals surface area (Å²) in [5, 5.41) is 0. The van der Waals surface area contributed by atoms with Crippen LogP contribution in [-0.2, 0) is 18.9 Å². The topological polar surface area (TPSA) is 58.7 Å². The maximum absolute atomic E-state index is 5.77. The molecule has 2 saturated heterocycles. The number of methoxy groups -OCH3 is 2. The molecule has 1 aromatic rings. The van der Waals surface area contributed by atoms with Gasteiger partial charge in [0, 0.05) is 7.11 Å². The first-order valence-corrected chi connectivity index (χ1v) is 6.96. The Morgan fingerprint density at radius 3 is 2.62 bits per heavy atom. The van der Waals surface area contributed by atoms with Gasteiger partial charge in [0.05, 0.1) is 13.7 Å². The third kappa shape index (κ3) is 3.47. The van der Waals surface area contributed by atoms with Crippen LogP contribution < -0.4 is 9.47 Å². The van der Waals surface area contributed by atoms with E-state index >= 15 is 0 Å². The normalized spacial score (nSPS) is 30.6. The van der Waals surface area contributed by atoms with E-state index < -0.39 is 0 Å². The summed E-state index contributed by atoms with van der Waals surface area (Å²) in [6.45, 7) is 1.22. The van der Waals surface area contributed by atoms with Crippen molar-refractivity contribution in [2.24, 2.45) is 0 Å². The third-order valence-corrected chi connectivity index (χ3v) is 3.64. The van der Waals surface area contributed by atoms with E-state index in [1.807, 2.05) is 24.3 Å². The van der Waals surface area contributed by atoms with Crippen molar-refractivity contribution in [3.63, 3.8) is 0 Å². The Morgan fingerprint density at radius 2 is 1.90 bits per heavy atom. The summed E-state index contributed by atoms with van der Waals surface area (Å²) < 4.78 is 32.8. The summed E-state index contributed by atoms with van der Waals surface area (Å²) in [6, 6.07) is 7.44. The minimum absolute atomic E-state index is 0.0957.